The zero-order valence-electron chi connectivity index (χ0n) is 15.4. The number of hydrogen-bond donors (Lipinski definition) is 1. The Kier molecular flexibility index (Phi) is 4.65. The van der Waals surface area contributed by atoms with Crippen molar-refractivity contribution in [2.24, 2.45) is 0 Å². The van der Waals surface area contributed by atoms with Gasteiger partial charge in [-0.15, -0.1) is 0 Å². The molecule has 2 aliphatic heterocycles. The van der Waals surface area contributed by atoms with Crippen molar-refractivity contribution in [2.75, 3.05) is 25.0 Å². The largest absolute Gasteiger partial charge is 0.460 e. The molecule has 0 bridgehead atoms. The van der Waals surface area contributed by atoms with Crippen LogP contribution in [0.1, 0.15) is 24.0 Å². The molecule has 1 N–H and O–H groups in total. The molecule has 4 rings (SSSR count). The van der Waals surface area contributed by atoms with Crippen LogP contribution in [0.2, 0.25) is 0 Å². The number of urea groups is 1. The molecular formula is C19H22FN5O2. The van der Waals surface area contributed by atoms with Gasteiger partial charge in [-0.2, -0.15) is 4.98 Å². The fourth-order valence-electron chi connectivity index (χ4n) is 3.45. The average Bonchev–Trinajstić information content (AvgIpc) is 2.64. The fraction of sp³-hybridized carbons (Fsp3) is 0.421. The number of nitrogens with one attached hydrogen (secondary N) is 1. The summed E-state index contributed by atoms with van der Waals surface area (Å²) in [5, 5.41) is 2.80. The third-order valence-electron chi connectivity index (χ3n) is 5.00. The third kappa shape index (κ3) is 3.57. The van der Waals surface area contributed by atoms with Gasteiger partial charge in [0.25, 0.3) is 0 Å². The van der Waals surface area contributed by atoms with E-state index in [1.165, 1.54) is 17.0 Å². The lowest BCUT2D eigenvalue weighted by Gasteiger charge is -2.31. The number of piperidine rings is 1. The number of nitrogens with zero attached hydrogens (tertiary/aromatic N) is 4. The highest BCUT2D eigenvalue weighted by molar-refractivity contribution is 6.01. The topological polar surface area (TPSA) is 70.6 Å². The number of likely N-dealkylation sites (tertiary alicyclic amines) is 1. The average molecular weight is 371 g/mol. The number of carbonyl (C=O) groups excluding carboxylic acids is 1. The van der Waals surface area contributed by atoms with Crippen LogP contribution in [0, 0.1) is 12.7 Å². The maximum atomic E-state index is 13.5. The van der Waals surface area contributed by atoms with E-state index in [9.17, 15) is 9.18 Å². The van der Waals surface area contributed by atoms with E-state index in [2.05, 4.69) is 27.2 Å². The Morgan fingerprint density at radius 2 is 2.07 bits per heavy atom. The highest BCUT2D eigenvalue weighted by atomic mass is 19.1. The van der Waals surface area contributed by atoms with Crippen LogP contribution in [0.25, 0.3) is 0 Å². The number of halogens is 1. The van der Waals surface area contributed by atoms with Crippen LogP contribution in [0.15, 0.2) is 24.4 Å². The Morgan fingerprint density at radius 3 is 2.81 bits per heavy atom. The highest BCUT2D eigenvalue weighted by Gasteiger charge is 2.29. The first-order chi connectivity index (χ1) is 13.0. The zero-order chi connectivity index (χ0) is 19.0. The number of carbonyl (C=O) groups is 1. The fourth-order valence-corrected chi connectivity index (χ4v) is 3.45. The standard InChI is InChI=1S/C19H22FN5O2/c1-12-9-14(20)3-4-16(12)25-17-13(11-22-19(25)26)10-21-18(23-17)27-15-5-7-24(2)8-6-15/h3-4,9-10,15H,5-8,11H2,1-2H3,(H,22,26). The molecule has 7 nitrogen and oxygen atoms in total. The summed E-state index contributed by atoms with van der Waals surface area (Å²) in [6.45, 7) is 4.05. The van der Waals surface area contributed by atoms with Crippen molar-refractivity contribution in [2.45, 2.75) is 32.4 Å². The van der Waals surface area contributed by atoms with Crippen molar-refractivity contribution in [1.29, 1.82) is 0 Å². The van der Waals surface area contributed by atoms with Crippen LogP contribution in [0.3, 0.4) is 0 Å². The van der Waals surface area contributed by atoms with Crippen LogP contribution in [-0.4, -0.2) is 47.1 Å². The van der Waals surface area contributed by atoms with Gasteiger partial charge in [-0.1, -0.05) is 0 Å². The zero-order valence-corrected chi connectivity index (χ0v) is 15.4. The van der Waals surface area contributed by atoms with Crippen LogP contribution in [-0.2, 0) is 6.54 Å². The number of amides is 2. The minimum Gasteiger partial charge on any atom is -0.460 e. The molecule has 0 atom stereocenters. The molecule has 1 saturated heterocycles. The number of aryl methyl sites for hydroxylation is 1. The summed E-state index contributed by atoms with van der Waals surface area (Å²) >= 11 is 0. The number of ether oxygens (including phenoxy) is 1. The van der Waals surface area contributed by atoms with Gasteiger partial charge in [0.05, 0.1) is 5.69 Å². The molecular weight excluding hydrogens is 349 g/mol. The van der Waals surface area contributed by atoms with Gasteiger partial charge in [0.2, 0.25) is 0 Å². The van der Waals surface area contributed by atoms with Gasteiger partial charge in [0.15, 0.2) is 5.82 Å². The SMILES string of the molecule is Cc1cc(F)ccc1N1C(=O)NCc2cnc(OC3CCN(C)CC3)nc21. The van der Waals surface area contributed by atoms with Gasteiger partial charge in [-0.3, -0.25) is 0 Å². The predicted octanol–water partition coefficient (Wildman–Crippen LogP) is 2.76. The van der Waals surface area contributed by atoms with Crippen LogP contribution in [0.5, 0.6) is 6.01 Å². The van der Waals surface area contributed by atoms with Crippen LogP contribution in [0.4, 0.5) is 20.7 Å². The molecule has 3 heterocycles. The molecule has 2 aliphatic rings. The minimum atomic E-state index is -0.345. The molecule has 27 heavy (non-hydrogen) atoms. The smallest absolute Gasteiger partial charge is 0.328 e. The first-order valence-corrected chi connectivity index (χ1v) is 9.06. The van der Waals surface area contributed by atoms with Gasteiger partial charge < -0.3 is 15.0 Å². The molecule has 1 aromatic carbocycles. The highest BCUT2D eigenvalue weighted by Crippen LogP contribution is 2.33. The molecule has 8 heteroatoms. The number of fused-ring (bicyclic) bond motifs is 1. The molecule has 0 aliphatic carbocycles. The van der Waals surface area contributed by atoms with E-state index in [-0.39, 0.29) is 24.0 Å². The van der Waals surface area contributed by atoms with Gasteiger partial charge in [0.1, 0.15) is 11.9 Å². The molecule has 0 radical (unpaired) electrons. The summed E-state index contributed by atoms with van der Waals surface area (Å²) in [7, 11) is 2.09. The Labute approximate surface area is 157 Å². The lowest BCUT2D eigenvalue weighted by molar-refractivity contribution is 0.105. The van der Waals surface area contributed by atoms with Crippen molar-refractivity contribution in [3.8, 4) is 6.01 Å². The summed E-state index contributed by atoms with van der Waals surface area (Å²) in [6, 6.07) is 4.28. The molecule has 0 unspecified atom stereocenters. The van der Waals surface area contributed by atoms with Gasteiger partial charge in [-0.05, 0) is 50.6 Å². The lowest BCUT2D eigenvalue weighted by atomic mass is 10.1. The molecule has 1 fully saturated rings. The van der Waals surface area contributed by atoms with E-state index in [1.54, 1.807) is 19.2 Å². The third-order valence-corrected chi connectivity index (χ3v) is 5.00. The summed E-state index contributed by atoms with van der Waals surface area (Å²) < 4.78 is 19.5. The van der Waals surface area contributed by atoms with E-state index in [1.807, 2.05) is 0 Å². The molecule has 2 aromatic rings. The molecule has 142 valence electrons. The van der Waals surface area contributed by atoms with E-state index in [0.717, 1.165) is 31.5 Å². The summed E-state index contributed by atoms with van der Waals surface area (Å²) in [6.07, 6.45) is 3.58. The normalized spacial score (nSPS) is 18.2. The van der Waals surface area contributed by atoms with Crippen LogP contribution < -0.4 is 15.0 Å². The molecule has 0 spiro atoms. The van der Waals surface area contributed by atoms with Crippen molar-refractivity contribution in [3.63, 3.8) is 0 Å². The van der Waals surface area contributed by atoms with Gasteiger partial charge >= 0.3 is 12.0 Å². The monoisotopic (exact) mass is 371 g/mol. The Balaban J connectivity index is 1.65. The number of benzene rings is 1. The van der Waals surface area contributed by atoms with Crippen LogP contribution >= 0.6 is 0 Å². The quantitative estimate of drug-likeness (QED) is 0.898. The number of rotatable bonds is 3. The predicted molar refractivity (Wildman–Crippen MR) is 98.7 cm³/mol. The minimum absolute atomic E-state index is 0.0673. The summed E-state index contributed by atoms with van der Waals surface area (Å²) in [5.74, 6) is 0.134. The number of hydrogen-bond acceptors (Lipinski definition) is 5. The Hall–Kier alpha value is -2.74. The lowest BCUT2D eigenvalue weighted by Crippen LogP contribution is -2.42. The van der Waals surface area contributed by atoms with E-state index >= 15 is 0 Å². The molecule has 0 saturated carbocycles. The molecule has 1 aromatic heterocycles. The maximum Gasteiger partial charge on any atom is 0.328 e. The van der Waals surface area contributed by atoms with Crippen molar-refractivity contribution in [1.82, 2.24) is 20.2 Å². The van der Waals surface area contributed by atoms with E-state index in [0.29, 0.717) is 23.6 Å². The Bertz CT molecular complexity index is 867. The Morgan fingerprint density at radius 1 is 1.30 bits per heavy atom. The van der Waals surface area contributed by atoms with Gasteiger partial charge in [0, 0.05) is 31.4 Å². The summed E-state index contributed by atoms with van der Waals surface area (Å²) in [5.41, 5.74) is 2.02. The van der Waals surface area contributed by atoms with Gasteiger partial charge in [-0.25, -0.2) is 19.1 Å². The second kappa shape index (κ2) is 7.11. The van der Waals surface area contributed by atoms with Crippen molar-refractivity contribution in [3.05, 3.63) is 41.3 Å². The summed E-state index contributed by atoms with van der Waals surface area (Å²) in [4.78, 5) is 25.1. The van der Waals surface area contributed by atoms with Crippen molar-refractivity contribution < 1.29 is 13.9 Å². The first kappa shape index (κ1) is 17.7. The molecule has 2 amide bonds. The second-order valence-corrected chi connectivity index (χ2v) is 7.05. The first-order valence-electron chi connectivity index (χ1n) is 9.06. The van der Waals surface area contributed by atoms with E-state index in [4.69, 9.17) is 4.74 Å². The second-order valence-electron chi connectivity index (χ2n) is 7.05. The number of anilines is 2. The maximum absolute atomic E-state index is 13.5. The van der Waals surface area contributed by atoms with E-state index < -0.39 is 0 Å². The number of aromatic nitrogens is 2. The van der Waals surface area contributed by atoms with Crippen molar-refractivity contribution >= 4 is 17.5 Å².